The second kappa shape index (κ2) is 9.97. The molecule has 4 saturated carbocycles. The van der Waals surface area contributed by atoms with Crippen LogP contribution in [0.25, 0.3) is 0 Å². The van der Waals surface area contributed by atoms with Gasteiger partial charge in [0.25, 0.3) is 0 Å². The van der Waals surface area contributed by atoms with Gasteiger partial charge < -0.3 is 0 Å². The molecular weight excluding hydrogens is 312 g/mol. The minimum atomic E-state index is 0.797. The van der Waals surface area contributed by atoms with Crippen LogP contribution in [0.4, 0.5) is 0 Å². The molecule has 0 amide bonds. The highest BCUT2D eigenvalue weighted by molar-refractivity contribution is 5.02. The fourth-order valence-electron chi connectivity index (χ4n) is 7.13. The van der Waals surface area contributed by atoms with E-state index in [0.717, 1.165) is 22.7 Å². The van der Waals surface area contributed by atoms with Crippen LogP contribution < -0.4 is 0 Å². The number of hydrogen-bond donors (Lipinski definition) is 0. The SMILES string of the molecule is CCCCCCCC12CCC(C3CCC(CCCCC)CC3)(CC1)CC2. The van der Waals surface area contributed by atoms with Crippen LogP contribution in [0.15, 0.2) is 0 Å². The summed E-state index contributed by atoms with van der Waals surface area (Å²) in [5.41, 5.74) is 1.60. The maximum atomic E-state index is 2.34. The molecule has 26 heavy (non-hydrogen) atoms. The van der Waals surface area contributed by atoms with Gasteiger partial charge in [0.2, 0.25) is 0 Å². The fraction of sp³-hybridized carbons (Fsp3) is 1.00. The zero-order valence-electron chi connectivity index (χ0n) is 18.3. The van der Waals surface area contributed by atoms with Crippen molar-refractivity contribution in [3.63, 3.8) is 0 Å². The molecule has 0 unspecified atom stereocenters. The first kappa shape index (κ1) is 20.7. The summed E-state index contributed by atoms with van der Waals surface area (Å²) in [5.74, 6) is 2.19. The fourth-order valence-corrected chi connectivity index (χ4v) is 7.13. The molecule has 0 heteroatoms. The van der Waals surface area contributed by atoms with Gasteiger partial charge in [0.15, 0.2) is 0 Å². The second-order valence-electron chi connectivity index (χ2n) is 10.7. The molecule has 152 valence electrons. The van der Waals surface area contributed by atoms with Crippen molar-refractivity contribution in [2.45, 2.75) is 142 Å². The van der Waals surface area contributed by atoms with E-state index in [1.807, 2.05) is 0 Å². The third-order valence-electron chi connectivity index (χ3n) is 9.20. The molecule has 4 aliphatic carbocycles. The minimum absolute atomic E-state index is 0.797. The second-order valence-corrected chi connectivity index (χ2v) is 10.7. The summed E-state index contributed by atoms with van der Waals surface area (Å²) in [6, 6.07) is 0. The van der Waals surface area contributed by atoms with Gasteiger partial charge in [0, 0.05) is 0 Å². The minimum Gasteiger partial charge on any atom is -0.0654 e. The standard InChI is InChI=1S/C26H48/c1-3-5-7-8-10-16-25-17-20-26(21-18-25,22-19-25)24-14-12-23(13-15-24)11-9-6-4-2/h23-24H,3-22H2,1-2H3. The number of rotatable bonds is 11. The van der Waals surface area contributed by atoms with Gasteiger partial charge in [-0.1, -0.05) is 84.5 Å². The molecule has 0 N–H and O–H groups in total. The third-order valence-corrected chi connectivity index (χ3v) is 9.20. The Balaban J connectivity index is 1.39. The lowest BCUT2D eigenvalue weighted by molar-refractivity contribution is -0.0655. The Kier molecular flexibility index (Phi) is 7.95. The predicted molar refractivity (Wildman–Crippen MR) is 116 cm³/mol. The van der Waals surface area contributed by atoms with Gasteiger partial charge in [-0.2, -0.15) is 0 Å². The lowest BCUT2D eigenvalue weighted by atomic mass is 9.47. The molecule has 0 nitrogen and oxygen atoms in total. The van der Waals surface area contributed by atoms with Crippen LogP contribution in [-0.2, 0) is 0 Å². The topological polar surface area (TPSA) is 0 Å². The van der Waals surface area contributed by atoms with Crippen molar-refractivity contribution in [3.8, 4) is 0 Å². The largest absolute Gasteiger partial charge is 0.0654 e. The van der Waals surface area contributed by atoms with E-state index in [4.69, 9.17) is 0 Å². The molecule has 0 aromatic heterocycles. The van der Waals surface area contributed by atoms with Crippen molar-refractivity contribution < 1.29 is 0 Å². The van der Waals surface area contributed by atoms with Crippen molar-refractivity contribution in [1.82, 2.24) is 0 Å². The molecule has 0 aromatic carbocycles. The van der Waals surface area contributed by atoms with Crippen molar-refractivity contribution in [2.75, 3.05) is 0 Å². The van der Waals surface area contributed by atoms with Crippen molar-refractivity contribution in [3.05, 3.63) is 0 Å². The normalized spacial score (nSPS) is 37.2. The summed E-state index contributed by atoms with van der Waals surface area (Å²) in [7, 11) is 0. The first-order valence-electron chi connectivity index (χ1n) is 12.7. The molecule has 4 fully saturated rings. The lowest BCUT2D eigenvalue weighted by Gasteiger charge is -2.58. The first-order valence-corrected chi connectivity index (χ1v) is 12.7. The molecule has 0 heterocycles. The van der Waals surface area contributed by atoms with Crippen LogP contribution in [0.2, 0.25) is 0 Å². The lowest BCUT2D eigenvalue weighted by Crippen LogP contribution is -2.46. The molecule has 2 bridgehead atoms. The smallest absolute Gasteiger partial charge is 0.0269 e. The molecule has 0 saturated heterocycles. The third kappa shape index (κ3) is 5.08. The Hall–Kier alpha value is 0. The summed E-state index contributed by atoms with van der Waals surface area (Å²) >= 11 is 0. The van der Waals surface area contributed by atoms with E-state index in [1.165, 1.54) is 57.8 Å². The van der Waals surface area contributed by atoms with E-state index in [0.29, 0.717) is 0 Å². The predicted octanol–water partition coefficient (Wildman–Crippen LogP) is 9.07. The van der Waals surface area contributed by atoms with Crippen molar-refractivity contribution >= 4 is 0 Å². The highest BCUT2D eigenvalue weighted by Crippen LogP contribution is 2.63. The Bertz CT molecular complexity index is 362. The van der Waals surface area contributed by atoms with Crippen LogP contribution >= 0.6 is 0 Å². The molecule has 0 aliphatic heterocycles. The molecule has 4 rings (SSSR count). The highest BCUT2D eigenvalue weighted by Gasteiger charge is 2.51. The Labute approximate surface area is 165 Å². The van der Waals surface area contributed by atoms with Crippen molar-refractivity contribution in [1.29, 1.82) is 0 Å². The number of hydrogen-bond acceptors (Lipinski definition) is 0. The number of fused-ring (bicyclic) bond motifs is 3. The van der Waals surface area contributed by atoms with E-state index < -0.39 is 0 Å². The zero-order valence-corrected chi connectivity index (χ0v) is 18.3. The van der Waals surface area contributed by atoms with Crippen LogP contribution in [0.1, 0.15) is 142 Å². The highest BCUT2D eigenvalue weighted by atomic mass is 14.6. The van der Waals surface area contributed by atoms with E-state index in [1.54, 1.807) is 70.6 Å². The summed E-state index contributed by atoms with van der Waals surface area (Å²) in [6.45, 7) is 4.67. The van der Waals surface area contributed by atoms with Crippen LogP contribution in [0, 0.1) is 22.7 Å². The average molecular weight is 361 g/mol. The van der Waals surface area contributed by atoms with E-state index >= 15 is 0 Å². The van der Waals surface area contributed by atoms with Gasteiger partial charge in [-0.25, -0.2) is 0 Å². The van der Waals surface area contributed by atoms with Crippen molar-refractivity contribution in [2.24, 2.45) is 22.7 Å². The Morgan fingerprint density at radius 1 is 0.615 bits per heavy atom. The molecule has 0 aromatic rings. The van der Waals surface area contributed by atoms with Crippen LogP contribution in [0.5, 0.6) is 0 Å². The van der Waals surface area contributed by atoms with E-state index in [9.17, 15) is 0 Å². The summed E-state index contributed by atoms with van der Waals surface area (Å²) < 4.78 is 0. The summed E-state index contributed by atoms with van der Waals surface area (Å²) in [6.07, 6.45) is 30.7. The van der Waals surface area contributed by atoms with Gasteiger partial charge in [-0.3, -0.25) is 0 Å². The molecular formula is C26H48. The zero-order chi connectivity index (χ0) is 18.3. The summed E-state index contributed by atoms with van der Waals surface area (Å²) in [5, 5.41) is 0. The molecule has 4 aliphatic rings. The van der Waals surface area contributed by atoms with Gasteiger partial charge in [-0.05, 0) is 80.5 Å². The van der Waals surface area contributed by atoms with E-state index in [-0.39, 0.29) is 0 Å². The van der Waals surface area contributed by atoms with Gasteiger partial charge in [0.1, 0.15) is 0 Å². The van der Waals surface area contributed by atoms with Gasteiger partial charge in [-0.15, -0.1) is 0 Å². The molecule has 0 spiro atoms. The maximum absolute atomic E-state index is 2.34. The molecule has 0 atom stereocenters. The van der Waals surface area contributed by atoms with Gasteiger partial charge >= 0.3 is 0 Å². The molecule has 0 radical (unpaired) electrons. The Morgan fingerprint density at radius 3 is 1.81 bits per heavy atom. The van der Waals surface area contributed by atoms with Gasteiger partial charge in [0.05, 0.1) is 0 Å². The quantitative estimate of drug-likeness (QED) is 0.322. The van der Waals surface area contributed by atoms with E-state index in [2.05, 4.69) is 13.8 Å². The number of unbranched alkanes of at least 4 members (excludes halogenated alkanes) is 6. The maximum Gasteiger partial charge on any atom is -0.0269 e. The van der Waals surface area contributed by atoms with Crippen LogP contribution in [0.3, 0.4) is 0 Å². The first-order chi connectivity index (χ1) is 12.7. The monoisotopic (exact) mass is 360 g/mol. The average Bonchev–Trinajstić information content (AvgIpc) is 2.70. The summed E-state index contributed by atoms with van der Waals surface area (Å²) in [4.78, 5) is 0. The Morgan fingerprint density at radius 2 is 1.19 bits per heavy atom. The van der Waals surface area contributed by atoms with Crippen LogP contribution in [-0.4, -0.2) is 0 Å².